The van der Waals surface area contributed by atoms with Gasteiger partial charge in [0, 0.05) is 43.2 Å². The lowest BCUT2D eigenvalue weighted by Gasteiger charge is -2.28. The van der Waals surface area contributed by atoms with Crippen LogP contribution in [0.4, 0.5) is 11.4 Å². The minimum atomic E-state index is 0.000714. The highest BCUT2D eigenvalue weighted by Gasteiger charge is 2.15. The van der Waals surface area contributed by atoms with Crippen molar-refractivity contribution in [3.8, 4) is 0 Å². The summed E-state index contributed by atoms with van der Waals surface area (Å²) in [5, 5.41) is 16.8. The molecule has 0 unspecified atom stereocenters. The maximum absolute atomic E-state index is 12.3. The topological polar surface area (TPSA) is 75.4 Å². The molecule has 0 radical (unpaired) electrons. The first-order valence-corrected chi connectivity index (χ1v) is 10.8. The standard InChI is InChI=1S/C20H26N6OS/c1-14(2)19-22-23-20-26(19)24-18(28-20)11-10-17(27)21-15-6-8-16(9-7-15)25-12-4-3-5-13-25/h6-9,14H,3-5,10-13H2,1-2H3,(H,21,27). The molecule has 1 saturated heterocycles. The minimum Gasteiger partial charge on any atom is -0.372 e. The van der Waals surface area contributed by atoms with Crippen LogP contribution < -0.4 is 10.2 Å². The van der Waals surface area contributed by atoms with E-state index in [0.717, 1.165) is 34.6 Å². The molecule has 0 bridgehead atoms. The molecular weight excluding hydrogens is 372 g/mol. The quantitative estimate of drug-likeness (QED) is 0.682. The molecule has 1 N–H and O–H groups in total. The van der Waals surface area contributed by atoms with E-state index >= 15 is 0 Å². The van der Waals surface area contributed by atoms with Crippen LogP contribution in [-0.2, 0) is 11.2 Å². The third kappa shape index (κ3) is 4.16. The number of nitrogens with zero attached hydrogens (tertiary/aromatic N) is 5. The molecule has 0 atom stereocenters. The number of hydrogen-bond acceptors (Lipinski definition) is 6. The van der Waals surface area contributed by atoms with Gasteiger partial charge in [-0.3, -0.25) is 4.79 Å². The highest BCUT2D eigenvalue weighted by Crippen LogP contribution is 2.22. The van der Waals surface area contributed by atoms with Crippen LogP contribution in [0, 0.1) is 0 Å². The molecule has 1 aliphatic rings. The Bertz CT molecular complexity index is 939. The van der Waals surface area contributed by atoms with Gasteiger partial charge < -0.3 is 10.2 Å². The van der Waals surface area contributed by atoms with Crippen molar-refractivity contribution in [2.45, 2.75) is 51.9 Å². The van der Waals surface area contributed by atoms with Gasteiger partial charge in [0.15, 0.2) is 5.82 Å². The van der Waals surface area contributed by atoms with E-state index in [1.54, 1.807) is 4.52 Å². The van der Waals surface area contributed by atoms with E-state index in [0.29, 0.717) is 12.8 Å². The monoisotopic (exact) mass is 398 g/mol. The zero-order chi connectivity index (χ0) is 19.5. The third-order valence-electron chi connectivity index (χ3n) is 5.01. The van der Waals surface area contributed by atoms with E-state index < -0.39 is 0 Å². The highest BCUT2D eigenvalue weighted by atomic mass is 32.1. The first-order valence-electron chi connectivity index (χ1n) is 9.96. The van der Waals surface area contributed by atoms with Crippen molar-refractivity contribution in [2.24, 2.45) is 0 Å². The number of amides is 1. The van der Waals surface area contributed by atoms with Crippen molar-refractivity contribution < 1.29 is 4.79 Å². The maximum Gasteiger partial charge on any atom is 0.234 e. The zero-order valence-corrected chi connectivity index (χ0v) is 17.2. The molecule has 1 amide bonds. The van der Waals surface area contributed by atoms with Gasteiger partial charge in [0.25, 0.3) is 0 Å². The van der Waals surface area contributed by atoms with Gasteiger partial charge in [0.1, 0.15) is 5.01 Å². The molecule has 1 fully saturated rings. The van der Waals surface area contributed by atoms with Crippen molar-refractivity contribution in [1.82, 2.24) is 19.8 Å². The van der Waals surface area contributed by atoms with E-state index in [2.05, 4.69) is 51.5 Å². The Labute approximate surface area is 168 Å². The zero-order valence-electron chi connectivity index (χ0n) is 16.4. The molecule has 2 aromatic heterocycles. The largest absolute Gasteiger partial charge is 0.372 e. The number of carbonyl (C=O) groups excluding carboxylic acids is 1. The fourth-order valence-corrected chi connectivity index (χ4v) is 4.32. The van der Waals surface area contributed by atoms with E-state index in [1.165, 1.54) is 36.3 Å². The Hall–Kier alpha value is -2.48. The Morgan fingerprint density at radius 1 is 1.14 bits per heavy atom. The molecule has 0 aliphatic carbocycles. The Kier molecular flexibility index (Phi) is 5.57. The van der Waals surface area contributed by atoms with Gasteiger partial charge in [0.05, 0.1) is 0 Å². The summed E-state index contributed by atoms with van der Waals surface area (Å²) in [4.78, 5) is 15.5. The average molecular weight is 399 g/mol. The molecule has 4 rings (SSSR count). The Balaban J connectivity index is 1.32. The van der Waals surface area contributed by atoms with Gasteiger partial charge >= 0.3 is 0 Å². The Morgan fingerprint density at radius 3 is 2.61 bits per heavy atom. The molecule has 8 heteroatoms. The SMILES string of the molecule is CC(C)c1nnc2sc(CCC(=O)Nc3ccc(N4CCCCC4)cc3)nn12. The Morgan fingerprint density at radius 2 is 1.89 bits per heavy atom. The van der Waals surface area contributed by atoms with Gasteiger partial charge in [-0.2, -0.15) is 9.61 Å². The lowest BCUT2D eigenvalue weighted by atomic mass is 10.1. The lowest BCUT2D eigenvalue weighted by Crippen LogP contribution is -2.29. The molecule has 7 nitrogen and oxygen atoms in total. The molecule has 3 aromatic rings. The molecule has 0 spiro atoms. The van der Waals surface area contributed by atoms with Crippen molar-refractivity contribution in [2.75, 3.05) is 23.3 Å². The van der Waals surface area contributed by atoms with Crippen LogP contribution in [-0.4, -0.2) is 38.8 Å². The first kappa shape index (κ1) is 18.9. The summed E-state index contributed by atoms with van der Waals surface area (Å²) in [5.74, 6) is 1.12. The normalized spacial score (nSPS) is 14.8. The van der Waals surface area contributed by atoms with Crippen molar-refractivity contribution in [3.63, 3.8) is 0 Å². The number of fused-ring (bicyclic) bond motifs is 1. The summed E-state index contributed by atoms with van der Waals surface area (Å²) in [6.07, 6.45) is 4.84. The number of benzene rings is 1. The van der Waals surface area contributed by atoms with E-state index in [9.17, 15) is 4.79 Å². The number of hydrogen-bond donors (Lipinski definition) is 1. The average Bonchev–Trinajstić information content (AvgIpc) is 3.28. The number of nitrogens with one attached hydrogen (secondary N) is 1. The summed E-state index contributed by atoms with van der Waals surface area (Å²) < 4.78 is 1.79. The molecule has 3 heterocycles. The van der Waals surface area contributed by atoms with Gasteiger partial charge in [-0.05, 0) is 43.5 Å². The second-order valence-corrected chi connectivity index (χ2v) is 8.59. The van der Waals surface area contributed by atoms with Crippen LogP contribution >= 0.6 is 11.3 Å². The summed E-state index contributed by atoms with van der Waals surface area (Å²) in [6, 6.07) is 8.16. The lowest BCUT2D eigenvalue weighted by molar-refractivity contribution is -0.116. The number of rotatable bonds is 6. The third-order valence-corrected chi connectivity index (χ3v) is 5.97. The number of piperidine rings is 1. The van der Waals surface area contributed by atoms with Crippen LogP contribution in [0.1, 0.15) is 56.3 Å². The summed E-state index contributed by atoms with van der Waals surface area (Å²) in [7, 11) is 0. The summed E-state index contributed by atoms with van der Waals surface area (Å²) >= 11 is 1.49. The smallest absolute Gasteiger partial charge is 0.234 e. The maximum atomic E-state index is 12.3. The van der Waals surface area contributed by atoms with Crippen LogP contribution in [0.5, 0.6) is 0 Å². The first-order chi connectivity index (χ1) is 13.6. The van der Waals surface area contributed by atoms with Crippen molar-refractivity contribution in [3.05, 3.63) is 35.1 Å². The minimum absolute atomic E-state index is 0.000714. The van der Waals surface area contributed by atoms with Gasteiger partial charge in [-0.15, -0.1) is 10.2 Å². The highest BCUT2D eigenvalue weighted by molar-refractivity contribution is 7.16. The molecule has 1 aromatic carbocycles. The van der Waals surface area contributed by atoms with Gasteiger partial charge in [0.2, 0.25) is 10.9 Å². The fraction of sp³-hybridized carbons (Fsp3) is 0.500. The van der Waals surface area contributed by atoms with Crippen LogP contribution in [0.25, 0.3) is 4.96 Å². The van der Waals surface area contributed by atoms with E-state index in [-0.39, 0.29) is 11.8 Å². The van der Waals surface area contributed by atoms with Crippen LogP contribution in [0.2, 0.25) is 0 Å². The summed E-state index contributed by atoms with van der Waals surface area (Å²) in [6.45, 7) is 6.38. The van der Waals surface area contributed by atoms with Crippen molar-refractivity contribution in [1.29, 1.82) is 0 Å². The van der Waals surface area contributed by atoms with E-state index in [1.807, 2.05) is 12.1 Å². The second-order valence-electron chi connectivity index (χ2n) is 7.55. The number of aromatic nitrogens is 4. The second kappa shape index (κ2) is 8.26. The van der Waals surface area contributed by atoms with Crippen molar-refractivity contribution >= 4 is 33.6 Å². The predicted octanol–water partition coefficient (Wildman–Crippen LogP) is 3.87. The van der Waals surface area contributed by atoms with Crippen LogP contribution in [0.15, 0.2) is 24.3 Å². The number of anilines is 2. The van der Waals surface area contributed by atoms with Crippen LogP contribution in [0.3, 0.4) is 0 Å². The van der Waals surface area contributed by atoms with E-state index in [4.69, 9.17) is 0 Å². The number of aryl methyl sites for hydroxylation is 1. The molecular formula is C20H26N6OS. The fourth-order valence-electron chi connectivity index (χ4n) is 3.48. The number of carbonyl (C=O) groups is 1. The molecule has 0 saturated carbocycles. The molecule has 1 aliphatic heterocycles. The summed E-state index contributed by atoms with van der Waals surface area (Å²) in [5.41, 5.74) is 2.07. The van der Waals surface area contributed by atoms with Gasteiger partial charge in [-0.25, -0.2) is 0 Å². The molecule has 28 heavy (non-hydrogen) atoms. The molecule has 148 valence electrons. The predicted molar refractivity (Wildman–Crippen MR) is 112 cm³/mol. The van der Waals surface area contributed by atoms with Gasteiger partial charge in [-0.1, -0.05) is 25.2 Å².